The number of benzene rings is 1. The Morgan fingerprint density at radius 2 is 2.12 bits per heavy atom. The number of halogens is 1. The van der Waals surface area contributed by atoms with Gasteiger partial charge in [0.2, 0.25) is 0 Å². The van der Waals surface area contributed by atoms with Gasteiger partial charge in [-0.25, -0.2) is 9.18 Å². The maximum absolute atomic E-state index is 13.5. The SMILES string of the molecule is CCC(CCN)C(C)(C(=O)O)N(CC)c1ccnc2cc(F)ccc12. The zero-order valence-electron chi connectivity index (χ0n) is 15.0. The number of aliphatic carboxylic acids is 1. The third-order valence-corrected chi connectivity index (χ3v) is 5.09. The molecule has 136 valence electrons. The number of carbonyl (C=O) groups is 1. The first-order valence-corrected chi connectivity index (χ1v) is 8.65. The van der Waals surface area contributed by atoms with E-state index in [0.717, 1.165) is 11.1 Å². The Bertz CT molecular complexity index is 753. The van der Waals surface area contributed by atoms with E-state index in [1.165, 1.54) is 12.1 Å². The van der Waals surface area contributed by atoms with Crippen LogP contribution in [0.25, 0.3) is 10.9 Å². The average Bonchev–Trinajstić information content (AvgIpc) is 2.59. The standard InChI is InChI=1S/C19H26FN3O2/c1-4-13(8-10-21)19(3,18(24)25)23(5-2)17-9-11-22-16-12-14(20)6-7-15(16)17/h6-7,9,11-13H,4-5,8,10,21H2,1-3H3,(H,24,25). The highest BCUT2D eigenvalue weighted by molar-refractivity contribution is 5.95. The number of aromatic nitrogens is 1. The van der Waals surface area contributed by atoms with Crippen molar-refractivity contribution < 1.29 is 14.3 Å². The molecule has 0 fully saturated rings. The van der Waals surface area contributed by atoms with Crippen LogP contribution in [0.1, 0.15) is 33.6 Å². The van der Waals surface area contributed by atoms with Crippen molar-refractivity contribution in [3.63, 3.8) is 0 Å². The lowest BCUT2D eigenvalue weighted by molar-refractivity contribution is -0.145. The number of hydrogen-bond donors (Lipinski definition) is 2. The molecule has 0 aliphatic heterocycles. The Hall–Kier alpha value is -2.21. The molecule has 2 aromatic rings. The fraction of sp³-hybridized carbons (Fsp3) is 0.474. The van der Waals surface area contributed by atoms with Gasteiger partial charge in [-0.05, 0) is 50.9 Å². The molecule has 0 spiro atoms. The first kappa shape index (κ1) is 19.1. The second-order valence-corrected chi connectivity index (χ2v) is 6.37. The molecule has 0 radical (unpaired) electrons. The number of fused-ring (bicyclic) bond motifs is 1. The summed E-state index contributed by atoms with van der Waals surface area (Å²) >= 11 is 0. The molecular formula is C19H26FN3O2. The number of carboxylic acids is 1. The van der Waals surface area contributed by atoms with Crippen molar-refractivity contribution in [1.29, 1.82) is 0 Å². The number of nitrogens with zero attached hydrogens (tertiary/aromatic N) is 2. The van der Waals surface area contributed by atoms with Crippen LogP contribution in [0, 0.1) is 11.7 Å². The van der Waals surface area contributed by atoms with Crippen LogP contribution in [0.5, 0.6) is 0 Å². The lowest BCUT2D eigenvalue weighted by Crippen LogP contribution is -2.58. The van der Waals surface area contributed by atoms with E-state index >= 15 is 0 Å². The van der Waals surface area contributed by atoms with Crippen molar-refractivity contribution in [2.75, 3.05) is 18.0 Å². The molecule has 0 bridgehead atoms. The summed E-state index contributed by atoms with van der Waals surface area (Å²) in [7, 11) is 0. The molecule has 2 unspecified atom stereocenters. The van der Waals surface area contributed by atoms with Gasteiger partial charge >= 0.3 is 5.97 Å². The van der Waals surface area contributed by atoms with Gasteiger partial charge in [0.1, 0.15) is 11.4 Å². The zero-order chi connectivity index (χ0) is 18.6. The molecule has 1 heterocycles. The van der Waals surface area contributed by atoms with Crippen molar-refractivity contribution in [1.82, 2.24) is 4.98 Å². The van der Waals surface area contributed by atoms with Crippen molar-refractivity contribution in [3.8, 4) is 0 Å². The Balaban J connectivity index is 2.65. The van der Waals surface area contributed by atoms with Crippen molar-refractivity contribution in [2.24, 2.45) is 11.7 Å². The Morgan fingerprint density at radius 3 is 2.68 bits per heavy atom. The summed E-state index contributed by atoms with van der Waals surface area (Å²) < 4.78 is 13.5. The van der Waals surface area contributed by atoms with Crippen LogP contribution in [0.2, 0.25) is 0 Å². The van der Waals surface area contributed by atoms with Crippen LogP contribution in [-0.4, -0.2) is 34.7 Å². The topological polar surface area (TPSA) is 79.5 Å². The van der Waals surface area contributed by atoms with E-state index in [1.807, 2.05) is 18.7 Å². The lowest BCUT2D eigenvalue weighted by atomic mass is 9.79. The summed E-state index contributed by atoms with van der Waals surface area (Å²) in [6.07, 6.45) is 2.91. The van der Waals surface area contributed by atoms with Crippen molar-refractivity contribution in [3.05, 3.63) is 36.3 Å². The second-order valence-electron chi connectivity index (χ2n) is 6.37. The normalized spacial score (nSPS) is 14.9. The van der Waals surface area contributed by atoms with Gasteiger partial charge in [-0.15, -0.1) is 0 Å². The highest BCUT2D eigenvalue weighted by atomic mass is 19.1. The first-order valence-electron chi connectivity index (χ1n) is 8.65. The van der Waals surface area contributed by atoms with Gasteiger partial charge in [-0.3, -0.25) is 4.98 Å². The highest BCUT2D eigenvalue weighted by Gasteiger charge is 2.45. The largest absolute Gasteiger partial charge is 0.479 e. The van der Waals surface area contributed by atoms with Gasteiger partial charge in [-0.2, -0.15) is 0 Å². The van der Waals surface area contributed by atoms with Crippen LogP contribution in [0.15, 0.2) is 30.5 Å². The minimum Gasteiger partial charge on any atom is -0.479 e. The predicted octanol–water partition coefficient (Wildman–Crippen LogP) is 3.42. The summed E-state index contributed by atoms with van der Waals surface area (Å²) in [4.78, 5) is 18.4. The first-order chi connectivity index (χ1) is 11.9. The monoisotopic (exact) mass is 347 g/mol. The van der Waals surface area contributed by atoms with Gasteiger partial charge in [0, 0.05) is 29.9 Å². The number of pyridine rings is 1. The lowest BCUT2D eigenvalue weighted by Gasteiger charge is -2.44. The minimum atomic E-state index is -1.12. The quantitative estimate of drug-likeness (QED) is 0.765. The fourth-order valence-corrected chi connectivity index (χ4v) is 3.68. The molecule has 0 aliphatic carbocycles. The second kappa shape index (κ2) is 7.78. The average molecular weight is 347 g/mol. The number of nitrogens with two attached hydrogens (primary N) is 1. The molecule has 0 saturated heterocycles. The van der Waals surface area contributed by atoms with Gasteiger partial charge in [0.15, 0.2) is 0 Å². The summed E-state index contributed by atoms with van der Waals surface area (Å²) in [6, 6.07) is 6.18. The maximum Gasteiger partial charge on any atom is 0.329 e. The smallest absolute Gasteiger partial charge is 0.329 e. The third kappa shape index (κ3) is 3.44. The van der Waals surface area contributed by atoms with Gasteiger partial charge < -0.3 is 15.7 Å². The molecule has 5 nitrogen and oxygen atoms in total. The van der Waals surface area contributed by atoms with E-state index in [-0.39, 0.29) is 11.7 Å². The van der Waals surface area contributed by atoms with E-state index in [9.17, 15) is 14.3 Å². The van der Waals surface area contributed by atoms with E-state index in [2.05, 4.69) is 4.98 Å². The summed E-state index contributed by atoms with van der Waals surface area (Å²) in [5, 5.41) is 10.8. The van der Waals surface area contributed by atoms with Crippen LogP contribution >= 0.6 is 0 Å². The molecule has 0 amide bonds. The van der Waals surface area contributed by atoms with Crippen molar-refractivity contribution in [2.45, 2.75) is 39.2 Å². The molecule has 2 atom stereocenters. The maximum atomic E-state index is 13.5. The van der Waals surface area contributed by atoms with Gasteiger partial charge in [-0.1, -0.05) is 13.3 Å². The number of rotatable bonds is 8. The van der Waals surface area contributed by atoms with E-state index in [0.29, 0.717) is 31.4 Å². The number of likely N-dealkylation sites (N-methyl/N-ethyl adjacent to an activating group) is 1. The minimum absolute atomic E-state index is 0.112. The third-order valence-electron chi connectivity index (χ3n) is 5.09. The summed E-state index contributed by atoms with van der Waals surface area (Å²) in [6.45, 7) is 6.58. The van der Waals surface area contributed by atoms with Gasteiger partial charge in [0.05, 0.1) is 5.52 Å². The molecular weight excluding hydrogens is 321 g/mol. The van der Waals surface area contributed by atoms with Crippen LogP contribution in [0.4, 0.5) is 10.1 Å². The number of carboxylic acid groups (broad SMARTS) is 1. The zero-order valence-corrected chi connectivity index (χ0v) is 15.0. The molecule has 25 heavy (non-hydrogen) atoms. The fourth-order valence-electron chi connectivity index (χ4n) is 3.68. The van der Waals surface area contributed by atoms with E-state index < -0.39 is 11.5 Å². The van der Waals surface area contributed by atoms with E-state index in [1.54, 1.807) is 25.3 Å². The Morgan fingerprint density at radius 1 is 1.40 bits per heavy atom. The Labute approximate surface area is 147 Å². The summed E-state index contributed by atoms with van der Waals surface area (Å²) in [5.74, 6) is -1.36. The predicted molar refractivity (Wildman–Crippen MR) is 98.2 cm³/mol. The molecule has 0 aliphatic rings. The number of anilines is 1. The van der Waals surface area contributed by atoms with E-state index in [4.69, 9.17) is 5.73 Å². The number of hydrogen-bond acceptors (Lipinski definition) is 4. The highest BCUT2D eigenvalue weighted by Crippen LogP contribution is 2.37. The molecule has 1 aromatic heterocycles. The Kier molecular flexibility index (Phi) is 5.95. The molecule has 1 aromatic carbocycles. The molecule has 0 saturated carbocycles. The molecule has 6 heteroatoms. The van der Waals surface area contributed by atoms with Crippen LogP contribution in [-0.2, 0) is 4.79 Å². The van der Waals surface area contributed by atoms with Crippen LogP contribution < -0.4 is 10.6 Å². The van der Waals surface area contributed by atoms with Gasteiger partial charge in [0.25, 0.3) is 0 Å². The van der Waals surface area contributed by atoms with Crippen molar-refractivity contribution >= 4 is 22.6 Å². The summed E-state index contributed by atoms with van der Waals surface area (Å²) in [5.41, 5.74) is 5.86. The molecule has 2 rings (SSSR count). The molecule has 3 N–H and O–H groups in total. The van der Waals surface area contributed by atoms with Crippen LogP contribution in [0.3, 0.4) is 0 Å².